The zero-order valence-corrected chi connectivity index (χ0v) is 13.1. The van der Waals surface area contributed by atoms with E-state index in [4.69, 9.17) is 4.74 Å². The van der Waals surface area contributed by atoms with E-state index in [1.54, 1.807) is 32.2 Å². The van der Waals surface area contributed by atoms with Crippen LogP contribution in [0.2, 0.25) is 0 Å². The Labute approximate surface area is 134 Å². The second-order valence-electron chi connectivity index (χ2n) is 4.93. The van der Waals surface area contributed by atoms with Crippen LogP contribution < -0.4 is 10.6 Å². The van der Waals surface area contributed by atoms with Crippen LogP contribution in [0.15, 0.2) is 30.3 Å². The van der Waals surface area contributed by atoms with Crippen molar-refractivity contribution in [1.29, 1.82) is 0 Å². The lowest BCUT2D eigenvalue weighted by Crippen LogP contribution is -2.17. The Morgan fingerprint density at radius 1 is 1.30 bits per heavy atom. The van der Waals surface area contributed by atoms with E-state index in [-0.39, 0.29) is 11.4 Å². The Balaban J connectivity index is 2.08. The summed E-state index contributed by atoms with van der Waals surface area (Å²) in [5, 5.41) is 5.54. The molecular weight excluding hydrogens is 299 g/mol. The van der Waals surface area contributed by atoms with Crippen molar-refractivity contribution in [3.05, 3.63) is 47.5 Å². The van der Waals surface area contributed by atoms with Gasteiger partial charge in [0, 0.05) is 26.0 Å². The average Bonchev–Trinajstić information content (AvgIpc) is 2.53. The number of methoxy groups -OCH3 is 1. The van der Waals surface area contributed by atoms with Gasteiger partial charge < -0.3 is 15.4 Å². The first kappa shape index (κ1) is 16.8. The monoisotopic (exact) mass is 318 g/mol. The lowest BCUT2D eigenvalue weighted by Gasteiger charge is -2.09. The molecule has 0 radical (unpaired) electrons. The van der Waals surface area contributed by atoms with Gasteiger partial charge in [-0.05, 0) is 31.5 Å². The van der Waals surface area contributed by atoms with E-state index >= 15 is 0 Å². The molecule has 2 rings (SSSR count). The van der Waals surface area contributed by atoms with E-state index in [1.165, 1.54) is 12.1 Å². The van der Waals surface area contributed by atoms with Crippen molar-refractivity contribution < 1.29 is 13.9 Å². The summed E-state index contributed by atoms with van der Waals surface area (Å²) in [7, 11) is 1.63. The number of halogens is 1. The number of carbonyl (C=O) groups excluding carboxylic acids is 1. The molecule has 0 saturated heterocycles. The maximum Gasteiger partial charge on any atom is 0.274 e. The molecule has 7 heteroatoms. The van der Waals surface area contributed by atoms with Gasteiger partial charge in [0.1, 0.15) is 11.5 Å². The number of hydrogen-bond donors (Lipinski definition) is 2. The molecule has 0 atom stereocenters. The third-order valence-electron chi connectivity index (χ3n) is 3.02. The molecule has 2 aromatic rings. The molecule has 0 aliphatic rings. The summed E-state index contributed by atoms with van der Waals surface area (Å²) in [5.41, 5.74) is 0.936. The van der Waals surface area contributed by atoms with Gasteiger partial charge in [0.05, 0.1) is 5.69 Å². The van der Waals surface area contributed by atoms with Crippen LogP contribution >= 0.6 is 0 Å². The van der Waals surface area contributed by atoms with Gasteiger partial charge in [-0.15, -0.1) is 0 Å². The Morgan fingerprint density at radius 2 is 2.09 bits per heavy atom. The molecule has 122 valence electrons. The molecule has 1 heterocycles. The van der Waals surface area contributed by atoms with E-state index in [2.05, 4.69) is 20.6 Å². The fourth-order valence-electron chi connectivity index (χ4n) is 1.93. The smallest absolute Gasteiger partial charge is 0.274 e. The van der Waals surface area contributed by atoms with E-state index < -0.39 is 11.7 Å². The average molecular weight is 318 g/mol. The molecule has 2 N–H and O–H groups in total. The number of carbonyl (C=O) groups is 1. The number of nitrogens with zero attached hydrogens (tertiary/aromatic N) is 2. The molecule has 0 aliphatic heterocycles. The zero-order valence-electron chi connectivity index (χ0n) is 13.1. The fraction of sp³-hybridized carbons (Fsp3) is 0.312. The first-order valence-corrected chi connectivity index (χ1v) is 7.24. The second kappa shape index (κ2) is 8.19. The van der Waals surface area contributed by atoms with Crippen molar-refractivity contribution in [3.63, 3.8) is 0 Å². The van der Waals surface area contributed by atoms with Gasteiger partial charge in [-0.1, -0.05) is 12.1 Å². The van der Waals surface area contributed by atoms with Crippen LogP contribution in [0.5, 0.6) is 0 Å². The SMILES string of the molecule is COCCCNc1nc(C)cc(C(=O)Nc2ccccc2F)n1. The van der Waals surface area contributed by atoms with Crippen molar-refractivity contribution in [2.75, 3.05) is 30.9 Å². The van der Waals surface area contributed by atoms with Crippen LogP contribution in [0.25, 0.3) is 0 Å². The maximum absolute atomic E-state index is 13.6. The van der Waals surface area contributed by atoms with Crippen molar-refractivity contribution in [3.8, 4) is 0 Å². The van der Waals surface area contributed by atoms with Crippen LogP contribution in [0.4, 0.5) is 16.0 Å². The van der Waals surface area contributed by atoms with Gasteiger partial charge in [0.2, 0.25) is 5.95 Å². The molecule has 1 aromatic heterocycles. The molecule has 0 saturated carbocycles. The van der Waals surface area contributed by atoms with Crippen LogP contribution in [0, 0.1) is 12.7 Å². The van der Waals surface area contributed by atoms with Gasteiger partial charge in [0.25, 0.3) is 5.91 Å². The van der Waals surface area contributed by atoms with E-state index in [0.29, 0.717) is 24.8 Å². The highest BCUT2D eigenvalue weighted by Gasteiger charge is 2.12. The third-order valence-corrected chi connectivity index (χ3v) is 3.02. The summed E-state index contributed by atoms with van der Waals surface area (Å²) in [6.07, 6.45) is 0.796. The van der Waals surface area contributed by atoms with Gasteiger partial charge in [-0.2, -0.15) is 0 Å². The summed E-state index contributed by atoms with van der Waals surface area (Å²) < 4.78 is 18.6. The number of benzene rings is 1. The molecule has 0 spiro atoms. The van der Waals surface area contributed by atoms with Gasteiger partial charge in [-0.25, -0.2) is 14.4 Å². The van der Waals surface area contributed by atoms with Gasteiger partial charge >= 0.3 is 0 Å². The van der Waals surface area contributed by atoms with Crippen LogP contribution in [-0.4, -0.2) is 36.1 Å². The molecule has 0 bridgehead atoms. The second-order valence-corrected chi connectivity index (χ2v) is 4.93. The highest BCUT2D eigenvalue weighted by Crippen LogP contribution is 2.14. The van der Waals surface area contributed by atoms with Gasteiger partial charge in [-0.3, -0.25) is 4.79 Å². The minimum atomic E-state index is -0.496. The minimum Gasteiger partial charge on any atom is -0.385 e. The summed E-state index contributed by atoms with van der Waals surface area (Å²) in [6, 6.07) is 7.53. The number of ether oxygens (including phenoxy) is 1. The molecule has 6 nitrogen and oxygen atoms in total. The number of para-hydroxylation sites is 1. The largest absolute Gasteiger partial charge is 0.385 e. The molecule has 1 aromatic carbocycles. The summed E-state index contributed by atoms with van der Waals surface area (Å²) in [6.45, 7) is 3.02. The Morgan fingerprint density at radius 3 is 2.83 bits per heavy atom. The van der Waals surface area contributed by atoms with E-state index in [1.807, 2.05) is 0 Å². The summed E-state index contributed by atoms with van der Waals surface area (Å²) in [5.74, 6) is -0.620. The number of nitrogens with one attached hydrogen (secondary N) is 2. The number of aromatic nitrogens is 2. The lowest BCUT2D eigenvalue weighted by atomic mass is 10.2. The highest BCUT2D eigenvalue weighted by atomic mass is 19.1. The molecule has 0 unspecified atom stereocenters. The van der Waals surface area contributed by atoms with Crippen molar-refractivity contribution in [1.82, 2.24) is 9.97 Å². The quantitative estimate of drug-likeness (QED) is 0.768. The normalized spacial score (nSPS) is 10.4. The zero-order chi connectivity index (χ0) is 16.7. The van der Waals surface area contributed by atoms with Crippen LogP contribution in [-0.2, 0) is 4.74 Å². The number of amides is 1. The third kappa shape index (κ3) is 5.00. The first-order valence-electron chi connectivity index (χ1n) is 7.24. The topological polar surface area (TPSA) is 76.1 Å². The Bertz CT molecular complexity index is 679. The van der Waals surface area contributed by atoms with Gasteiger partial charge in [0.15, 0.2) is 0 Å². The first-order chi connectivity index (χ1) is 11.1. The van der Waals surface area contributed by atoms with Crippen molar-refractivity contribution in [2.24, 2.45) is 0 Å². The minimum absolute atomic E-state index is 0.114. The number of aryl methyl sites for hydroxylation is 1. The molecule has 0 aliphatic carbocycles. The van der Waals surface area contributed by atoms with E-state index in [9.17, 15) is 9.18 Å². The molecule has 1 amide bonds. The van der Waals surface area contributed by atoms with E-state index in [0.717, 1.165) is 6.42 Å². The number of rotatable bonds is 7. The number of hydrogen-bond acceptors (Lipinski definition) is 5. The summed E-state index contributed by atoms with van der Waals surface area (Å²) >= 11 is 0. The fourth-order valence-corrected chi connectivity index (χ4v) is 1.93. The Hall–Kier alpha value is -2.54. The predicted molar refractivity (Wildman–Crippen MR) is 86.1 cm³/mol. The Kier molecular flexibility index (Phi) is 5.99. The maximum atomic E-state index is 13.6. The summed E-state index contributed by atoms with van der Waals surface area (Å²) in [4.78, 5) is 20.6. The predicted octanol–water partition coefficient (Wildman–Crippen LogP) is 2.62. The lowest BCUT2D eigenvalue weighted by molar-refractivity contribution is 0.102. The highest BCUT2D eigenvalue weighted by molar-refractivity contribution is 6.03. The van der Waals surface area contributed by atoms with Crippen LogP contribution in [0.3, 0.4) is 0 Å². The molecular formula is C16H19FN4O2. The number of anilines is 2. The molecule has 23 heavy (non-hydrogen) atoms. The van der Waals surface area contributed by atoms with Crippen molar-refractivity contribution >= 4 is 17.5 Å². The van der Waals surface area contributed by atoms with Crippen molar-refractivity contribution in [2.45, 2.75) is 13.3 Å². The van der Waals surface area contributed by atoms with Crippen LogP contribution in [0.1, 0.15) is 22.6 Å². The molecule has 0 fully saturated rings. The standard InChI is InChI=1S/C16H19FN4O2/c1-11-10-14(21-16(19-11)18-8-5-9-23-2)15(22)20-13-7-4-3-6-12(13)17/h3-4,6-7,10H,5,8-9H2,1-2H3,(H,20,22)(H,18,19,21).